The number of hydrogen-bond donors (Lipinski definition) is 4. The number of aldehydes is 1. The zero-order valence-electron chi connectivity index (χ0n) is 33.3. The van der Waals surface area contributed by atoms with Crippen LogP contribution in [0.15, 0.2) is 24.3 Å². The maximum Gasteiger partial charge on any atom is 0.308 e. The molecule has 0 aromatic carbocycles. The van der Waals surface area contributed by atoms with Crippen molar-refractivity contribution in [3.63, 3.8) is 0 Å². The number of ether oxygens (including phenoxy) is 7. The van der Waals surface area contributed by atoms with Gasteiger partial charge in [-0.25, -0.2) is 0 Å². The second-order valence-corrected chi connectivity index (χ2v) is 15.5. The fraction of sp³-hybridized carbons (Fsp3) is 0.821. The Kier molecular flexibility index (Phi) is 18.2. The Labute approximate surface area is 319 Å². The molecule has 0 saturated carbocycles. The molecule has 15 heteroatoms. The number of aliphatic hydroxyl groups excluding tert-OH is 3. The zero-order chi connectivity index (χ0) is 40.3. The number of allylic oxidation sites excluding steroid dienone is 2. The van der Waals surface area contributed by atoms with E-state index >= 15 is 0 Å². The summed E-state index contributed by atoms with van der Waals surface area (Å²) in [7, 11) is 4.86. The average molecular weight is 772 g/mol. The largest absolute Gasteiger partial charge is 0.462 e. The first-order valence-electron chi connectivity index (χ1n) is 19.2. The number of cyclic esters (lactones) is 1. The summed E-state index contributed by atoms with van der Waals surface area (Å²) in [5.41, 5.74) is -1.47. The molecular weight excluding hydrogens is 706 g/mol. The van der Waals surface area contributed by atoms with E-state index in [9.17, 15) is 34.8 Å². The van der Waals surface area contributed by atoms with Crippen LogP contribution in [0.5, 0.6) is 0 Å². The van der Waals surface area contributed by atoms with Crippen molar-refractivity contribution in [2.45, 2.75) is 172 Å². The summed E-state index contributed by atoms with van der Waals surface area (Å²) in [4.78, 5) is 39.0. The lowest BCUT2D eigenvalue weighted by Crippen LogP contribution is -2.66. The third-order valence-electron chi connectivity index (χ3n) is 10.5. The summed E-state index contributed by atoms with van der Waals surface area (Å²) >= 11 is 0. The molecule has 54 heavy (non-hydrogen) atoms. The molecule has 0 aromatic rings. The Morgan fingerprint density at radius 3 is 2.35 bits per heavy atom. The Morgan fingerprint density at radius 1 is 1.04 bits per heavy atom. The van der Waals surface area contributed by atoms with E-state index in [0.29, 0.717) is 12.8 Å². The minimum absolute atomic E-state index is 0.0274. The van der Waals surface area contributed by atoms with E-state index in [4.69, 9.17) is 33.2 Å². The summed E-state index contributed by atoms with van der Waals surface area (Å²) in [5, 5.41) is 45.7. The molecule has 15 nitrogen and oxygen atoms in total. The van der Waals surface area contributed by atoms with Gasteiger partial charge in [0.05, 0.1) is 43.0 Å². The smallest absolute Gasteiger partial charge is 0.308 e. The zero-order valence-corrected chi connectivity index (χ0v) is 33.3. The molecule has 3 heterocycles. The van der Waals surface area contributed by atoms with Crippen LogP contribution in [0, 0.1) is 11.8 Å². The summed E-state index contributed by atoms with van der Waals surface area (Å²) in [5.74, 6) is -2.11. The van der Waals surface area contributed by atoms with Crippen molar-refractivity contribution in [1.29, 1.82) is 0 Å². The second-order valence-electron chi connectivity index (χ2n) is 15.5. The number of rotatable bonds is 11. The van der Waals surface area contributed by atoms with E-state index in [0.717, 1.165) is 6.29 Å². The first kappa shape index (κ1) is 46.1. The van der Waals surface area contributed by atoms with Gasteiger partial charge in [-0.1, -0.05) is 38.2 Å². The second kappa shape index (κ2) is 21.3. The van der Waals surface area contributed by atoms with Gasteiger partial charge in [0.25, 0.3) is 0 Å². The number of esters is 2. The van der Waals surface area contributed by atoms with Crippen molar-refractivity contribution < 1.29 is 68.0 Å². The topological polar surface area (TPSA) is 200 Å². The van der Waals surface area contributed by atoms with Crippen molar-refractivity contribution in [3.8, 4) is 0 Å². The third kappa shape index (κ3) is 12.6. The molecule has 0 aliphatic carbocycles. The van der Waals surface area contributed by atoms with E-state index in [-0.39, 0.29) is 31.6 Å². The lowest BCUT2D eigenvalue weighted by molar-refractivity contribution is -0.344. The first-order chi connectivity index (χ1) is 25.4. The van der Waals surface area contributed by atoms with Gasteiger partial charge in [-0.3, -0.25) is 9.59 Å². The molecule has 3 rings (SSSR count). The lowest BCUT2D eigenvalue weighted by atomic mass is 9.82. The molecule has 0 amide bonds. The van der Waals surface area contributed by atoms with Crippen LogP contribution in [0.25, 0.3) is 0 Å². The molecule has 0 unspecified atom stereocenters. The molecule has 0 bridgehead atoms. The number of hydrogen-bond acceptors (Lipinski definition) is 15. The van der Waals surface area contributed by atoms with Crippen LogP contribution in [0.2, 0.25) is 0 Å². The quantitative estimate of drug-likeness (QED) is 0.176. The molecule has 4 N–H and O–H groups in total. The normalized spacial score (nSPS) is 42.9. The molecular formula is C39H65NO14. The van der Waals surface area contributed by atoms with Gasteiger partial charge in [0.1, 0.15) is 36.3 Å². The van der Waals surface area contributed by atoms with Crippen LogP contribution in [0.3, 0.4) is 0 Å². The number of carbonyl (C=O) groups is 3. The van der Waals surface area contributed by atoms with Crippen molar-refractivity contribution in [1.82, 2.24) is 4.90 Å². The van der Waals surface area contributed by atoms with Crippen molar-refractivity contribution in [3.05, 3.63) is 24.3 Å². The van der Waals surface area contributed by atoms with Gasteiger partial charge in [-0.15, -0.1) is 0 Å². The monoisotopic (exact) mass is 771 g/mol. The highest BCUT2D eigenvalue weighted by molar-refractivity contribution is 5.70. The predicted molar refractivity (Wildman–Crippen MR) is 196 cm³/mol. The highest BCUT2D eigenvalue weighted by Gasteiger charge is 2.52. The molecule has 2 saturated heterocycles. The predicted octanol–water partition coefficient (Wildman–Crippen LogP) is 2.20. The van der Waals surface area contributed by atoms with Gasteiger partial charge in [-0.2, -0.15) is 0 Å². The van der Waals surface area contributed by atoms with Gasteiger partial charge < -0.3 is 63.3 Å². The number of nitrogens with zero attached hydrogens (tertiary/aromatic N) is 1. The van der Waals surface area contributed by atoms with Crippen LogP contribution in [0.1, 0.15) is 86.5 Å². The standard InChI is InChI=1S/C39H65NO14/c1-10-14-29(44)52-37-25(5)50-31(21-39(37,6)47)53-34-24(4)51-38(33(46)32(34)40(7)8)54-35-26(17-18-41)19-22(2)27(42)16-13-11-12-15-23(3)49-30(45)20-28(43)36(35)48-9/h11-13,16,18,22-28,31-38,42-43,46-47H,10,14-15,17,19-21H2,1-9H3/b12-11+,16-13-/t22-,23-,24-,25+,26+,27+,28-,31+,32-,33-,34-,35+,36+,37+,38+,39-/m1/s1. The maximum atomic E-state index is 12.9. The van der Waals surface area contributed by atoms with Crippen LogP contribution < -0.4 is 0 Å². The van der Waals surface area contributed by atoms with Crippen LogP contribution in [-0.4, -0.2) is 150 Å². The maximum absolute atomic E-state index is 12.9. The Bertz CT molecular complexity index is 1240. The van der Waals surface area contributed by atoms with Crippen LogP contribution >= 0.6 is 0 Å². The van der Waals surface area contributed by atoms with E-state index < -0.39 is 110 Å². The van der Waals surface area contributed by atoms with E-state index in [1.165, 1.54) is 7.11 Å². The van der Waals surface area contributed by atoms with Gasteiger partial charge >= 0.3 is 11.9 Å². The van der Waals surface area contributed by atoms with E-state index in [2.05, 4.69) is 0 Å². The van der Waals surface area contributed by atoms with Crippen molar-refractivity contribution in [2.24, 2.45) is 11.8 Å². The average Bonchev–Trinajstić information content (AvgIpc) is 3.07. The fourth-order valence-corrected chi connectivity index (χ4v) is 7.66. The van der Waals surface area contributed by atoms with Crippen LogP contribution in [-0.2, 0) is 47.5 Å². The summed E-state index contributed by atoms with van der Waals surface area (Å²) in [6.07, 6.45) is -3.26. The van der Waals surface area contributed by atoms with Gasteiger partial charge in [0.15, 0.2) is 18.7 Å². The Balaban J connectivity index is 1.91. The molecule has 310 valence electrons. The summed E-state index contributed by atoms with van der Waals surface area (Å²) in [6, 6.07) is -0.750. The number of methoxy groups -OCH3 is 1. The minimum Gasteiger partial charge on any atom is -0.462 e. The van der Waals surface area contributed by atoms with Gasteiger partial charge in [0, 0.05) is 32.8 Å². The van der Waals surface area contributed by atoms with Crippen LogP contribution in [0.4, 0.5) is 0 Å². The third-order valence-corrected chi connectivity index (χ3v) is 10.5. The van der Waals surface area contributed by atoms with Crippen molar-refractivity contribution >= 4 is 18.2 Å². The van der Waals surface area contributed by atoms with Gasteiger partial charge in [-0.05, 0) is 66.5 Å². The molecule has 3 aliphatic heterocycles. The van der Waals surface area contributed by atoms with Gasteiger partial charge in [0.2, 0.25) is 0 Å². The minimum atomic E-state index is -1.47. The summed E-state index contributed by atoms with van der Waals surface area (Å²) < 4.78 is 42.2. The van der Waals surface area contributed by atoms with E-state index in [1.807, 2.05) is 19.9 Å². The molecule has 3 aliphatic rings. The fourth-order valence-electron chi connectivity index (χ4n) is 7.66. The lowest BCUT2D eigenvalue weighted by Gasteiger charge is -2.50. The molecule has 0 radical (unpaired) electrons. The summed E-state index contributed by atoms with van der Waals surface area (Å²) in [6.45, 7) is 10.4. The Morgan fingerprint density at radius 2 is 1.74 bits per heavy atom. The van der Waals surface area contributed by atoms with Crippen molar-refractivity contribution in [2.75, 3.05) is 21.2 Å². The number of carbonyl (C=O) groups excluding carboxylic acids is 3. The molecule has 16 atom stereocenters. The first-order valence-corrected chi connectivity index (χ1v) is 19.2. The number of likely N-dealkylation sites (N-methyl/N-ethyl adjacent to an activating group) is 1. The highest BCUT2D eigenvalue weighted by atomic mass is 16.7. The highest BCUT2D eigenvalue weighted by Crippen LogP contribution is 2.37. The molecule has 2 fully saturated rings. The van der Waals surface area contributed by atoms with E-state index in [1.54, 1.807) is 64.9 Å². The SMILES string of the molecule is CCCC(=O)O[C@H]1[C@H](C)O[C@@H](O[C@H]2[C@H](N(C)C)[C@@H](O)[C@H](O[C@H]3[C@@H](CC=O)C[C@@H](C)[C@@H](O)/C=C\C=C\C[C@@H](C)OC(=O)C[C@@H](O)[C@@H]3OC)O[C@@H]2C)C[C@@]1(C)O. The number of aliphatic hydroxyl groups is 4. The Hall–Kier alpha value is -2.31. The molecule has 0 spiro atoms. The molecule has 0 aromatic heterocycles.